The van der Waals surface area contributed by atoms with Crippen LogP contribution >= 0.6 is 11.8 Å². The maximum absolute atomic E-state index is 13.2. The highest BCUT2D eigenvalue weighted by atomic mass is 32.2. The van der Waals surface area contributed by atoms with Crippen molar-refractivity contribution in [2.75, 3.05) is 23.1 Å². The quantitative estimate of drug-likeness (QED) is 0.328. The Balaban J connectivity index is 1.75. The number of carbonyl (C=O) groups is 1. The number of thioether (sulfide) groups is 1. The van der Waals surface area contributed by atoms with Crippen LogP contribution in [0.3, 0.4) is 0 Å². The number of benzene rings is 2. The zero-order valence-corrected chi connectivity index (χ0v) is 18.6. The highest BCUT2D eigenvalue weighted by Crippen LogP contribution is 2.29. The highest BCUT2D eigenvalue weighted by molar-refractivity contribution is 7.99. The predicted octanol–water partition coefficient (Wildman–Crippen LogP) is 3.58. The van der Waals surface area contributed by atoms with Crippen LogP contribution in [0, 0.1) is 10.1 Å². The van der Waals surface area contributed by atoms with Crippen molar-refractivity contribution in [3.8, 4) is 0 Å². The van der Waals surface area contributed by atoms with E-state index in [1.165, 1.54) is 56.0 Å². The number of hydrogen-bond donors (Lipinski definition) is 1. The molecule has 1 aliphatic rings. The van der Waals surface area contributed by atoms with Crippen LogP contribution in [0.5, 0.6) is 0 Å². The van der Waals surface area contributed by atoms with Gasteiger partial charge in [0.2, 0.25) is 5.91 Å². The van der Waals surface area contributed by atoms with E-state index in [1.807, 2.05) is 11.8 Å². The molecule has 1 saturated carbocycles. The molecule has 0 unspecified atom stereocenters. The largest absolute Gasteiger partial charge is 0.354 e. The minimum Gasteiger partial charge on any atom is -0.354 e. The van der Waals surface area contributed by atoms with Gasteiger partial charge in [-0.2, -0.15) is 11.8 Å². The Morgan fingerprint density at radius 2 is 1.84 bits per heavy atom. The molecule has 0 spiro atoms. The fraction of sp³-hybridized carbons (Fsp3) is 0.381. The number of rotatable bonds is 10. The second-order valence-corrected chi connectivity index (χ2v) is 10.5. The molecule has 1 amide bonds. The zero-order valence-electron chi connectivity index (χ0n) is 17.0. The Kier molecular flexibility index (Phi) is 7.91. The molecule has 166 valence electrons. The second kappa shape index (κ2) is 10.6. The van der Waals surface area contributed by atoms with E-state index in [-0.39, 0.29) is 16.3 Å². The summed E-state index contributed by atoms with van der Waals surface area (Å²) in [7, 11) is -4.09. The second-order valence-electron chi connectivity index (χ2n) is 7.23. The topological polar surface area (TPSA) is 110 Å². The van der Waals surface area contributed by atoms with Crippen LogP contribution < -0.4 is 9.62 Å². The summed E-state index contributed by atoms with van der Waals surface area (Å²) >= 11 is 1.83. The van der Waals surface area contributed by atoms with Crippen LogP contribution in [0.15, 0.2) is 59.5 Å². The molecule has 8 nitrogen and oxygen atoms in total. The lowest BCUT2D eigenvalue weighted by molar-refractivity contribution is -0.384. The molecule has 1 N–H and O–H groups in total. The number of nitrogens with zero attached hydrogens (tertiary/aromatic N) is 2. The van der Waals surface area contributed by atoms with Gasteiger partial charge in [-0.1, -0.05) is 37.1 Å². The maximum Gasteiger partial charge on any atom is 0.271 e. The summed E-state index contributed by atoms with van der Waals surface area (Å²) in [5.41, 5.74) is -0.187. The first-order valence-corrected chi connectivity index (χ1v) is 12.6. The molecule has 1 fully saturated rings. The van der Waals surface area contributed by atoms with Crippen LogP contribution in [0.4, 0.5) is 11.4 Å². The summed E-state index contributed by atoms with van der Waals surface area (Å²) in [6.07, 6.45) is 4.90. The van der Waals surface area contributed by atoms with E-state index in [0.29, 0.717) is 11.8 Å². The summed E-state index contributed by atoms with van der Waals surface area (Å²) in [5.74, 6) is 0.302. The number of sulfonamides is 1. The molecule has 3 rings (SSSR count). The van der Waals surface area contributed by atoms with Gasteiger partial charge in [0.15, 0.2) is 0 Å². The van der Waals surface area contributed by atoms with Crippen LogP contribution in [-0.2, 0) is 14.8 Å². The molecule has 0 aliphatic heterocycles. The van der Waals surface area contributed by atoms with Gasteiger partial charge >= 0.3 is 0 Å². The van der Waals surface area contributed by atoms with Gasteiger partial charge in [0.05, 0.1) is 15.5 Å². The van der Waals surface area contributed by atoms with Gasteiger partial charge in [-0.15, -0.1) is 0 Å². The minimum atomic E-state index is -4.09. The number of carbonyl (C=O) groups excluding carboxylic acids is 1. The maximum atomic E-state index is 13.2. The van der Waals surface area contributed by atoms with Crippen molar-refractivity contribution in [1.82, 2.24) is 5.32 Å². The summed E-state index contributed by atoms with van der Waals surface area (Å²) in [4.78, 5) is 23.1. The van der Waals surface area contributed by atoms with Gasteiger partial charge in [-0.05, 0) is 31.0 Å². The van der Waals surface area contributed by atoms with E-state index in [1.54, 1.807) is 18.2 Å². The predicted molar refractivity (Wildman–Crippen MR) is 122 cm³/mol. The molecule has 2 aromatic rings. The fourth-order valence-electron chi connectivity index (χ4n) is 3.45. The summed E-state index contributed by atoms with van der Waals surface area (Å²) < 4.78 is 27.4. The van der Waals surface area contributed by atoms with E-state index in [9.17, 15) is 23.3 Å². The van der Waals surface area contributed by atoms with Gasteiger partial charge in [0.1, 0.15) is 6.54 Å². The first-order chi connectivity index (χ1) is 14.9. The number of anilines is 1. The molecular weight excluding hydrogens is 438 g/mol. The van der Waals surface area contributed by atoms with Gasteiger partial charge in [0, 0.05) is 29.7 Å². The van der Waals surface area contributed by atoms with Crippen LogP contribution in [0.1, 0.15) is 25.7 Å². The third-order valence-corrected chi connectivity index (χ3v) is 8.20. The summed E-state index contributed by atoms with van der Waals surface area (Å²) in [6.45, 7) is -0.0271. The molecule has 1 aliphatic carbocycles. The Morgan fingerprint density at radius 3 is 2.52 bits per heavy atom. The number of hydrogen-bond acceptors (Lipinski definition) is 6. The molecule has 0 saturated heterocycles. The van der Waals surface area contributed by atoms with Crippen molar-refractivity contribution >= 4 is 39.1 Å². The molecule has 31 heavy (non-hydrogen) atoms. The third kappa shape index (κ3) is 6.20. The van der Waals surface area contributed by atoms with E-state index in [2.05, 4.69) is 5.32 Å². The normalized spacial score (nSPS) is 14.3. The number of non-ortho nitro benzene ring substituents is 1. The Labute approximate surface area is 186 Å². The summed E-state index contributed by atoms with van der Waals surface area (Å²) in [5, 5.41) is 14.6. The molecule has 0 heterocycles. The first-order valence-electron chi connectivity index (χ1n) is 10.1. The lowest BCUT2D eigenvalue weighted by Crippen LogP contribution is -2.41. The Hall–Kier alpha value is -2.59. The lowest BCUT2D eigenvalue weighted by Gasteiger charge is -2.24. The molecular formula is C21H25N3O5S2. The molecule has 2 aromatic carbocycles. The van der Waals surface area contributed by atoms with Crippen molar-refractivity contribution in [2.45, 2.75) is 35.8 Å². The van der Waals surface area contributed by atoms with Gasteiger partial charge in [-0.3, -0.25) is 19.2 Å². The molecule has 0 bridgehead atoms. The van der Waals surface area contributed by atoms with Crippen LogP contribution in [0.25, 0.3) is 0 Å². The first kappa shape index (κ1) is 23.1. The van der Waals surface area contributed by atoms with Crippen molar-refractivity contribution in [3.63, 3.8) is 0 Å². The number of nitro groups is 1. The molecule has 0 aromatic heterocycles. The lowest BCUT2D eigenvalue weighted by atomic mass is 10.3. The molecule has 10 heteroatoms. The highest BCUT2D eigenvalue weighted by Gasteiger charge is 2.28. The van der Waals surface area contributed by atoms with Crippen molar-refractivity contribution < 1.29 is 18.1 Å². The fourth-order valence-corrected chi connectivity index (χ4v) is 6.11. The standard InChI is InChI=1S/C21H25N3O5S2/c25-21(22-13-14-30-19-9-4-5-10-19)16-23(17-7-6-8-18(15-17)24(26)27)31(28,29)20-11-2-1-3-12-20/h1-3,6-8,11-12,15,19H,4-5,9-10,13-14,16H2,(H,22,25). The number of nitrogens with one attached hydrogen (secondary N) is 1. The number of nitro benzene ring substituents is 1. The van der Waals surface area contributed by atoms with Gasteiger partial charge in [0.25, 0.3) is 15.7 Å². The van der Waals surface area contributed by atoms with E-state index in [0.717, 1.165) is 16.1 Å². The van der Waals surface area contributed by atoms with E-state index < -0.39 is 27.4 Å². The minimum absolute atomic E-state index is 0.00564. The van der Waals surface area contributed by atoms with Gasteiger partial charge < -0.3 is 5.32 Å². The molecule has 0 radical (unpaired) electrons. The van der Waals surface area contributed by atoms with E-state index in [4.69, 9.17) is 0 Å². The zero-order chi connectivity index (χ0) is 22.3. The smallest absolute Gasteiger partial charge is 0.271 e. The molecule has 0 atom stereocenters. The monoisotopic (exact) mass is 463 g/mol. The van der Waals surface area contributed by atoms with E-state index >= 15 is 0 Å². The average molecular weight is 464 g/mol. The third-order valence-electron chi connectivity index (χ3n) is 5.03. The average Bonchev–Trinajstić information content (AvgIpc) is 3.29. The van der Waals surface area contributed by atoms with Gasteiger partial charge in [-0.25, -0.2) is 8.42 Å². The SMILES string of the molecule is O=C(CN(c1cccc([N+](=O)[O-])c1)S(=O)(=O)c1ccccc1)NCCSC1CCCC1. The Morgan fingerprint density at radius 1 is 1.13 bits per heavy atom. The van der Waals surface area contributed by atoms with Crippen LogP contribution in [-0.4, -0.2) is 43.3 Å². The van der Waals surface area contributed by atoms with Crippen molar-refractivity contribution in [1.29, 1.82) is 0 Å². The number of amides is 1. The Bertz CT molecular complexity index is 1010. The summed E-state index contributed by atoms with van der Waals surface area (Å²) in [6, 6.07) is 13.0. The van der Waals surface area contributed by atoms with Crippen molar-refractivity contribution in [3.05, 3.63) is 64.7 Å². The van der Waals surface area contributed by atoms with Crippen molar-refractivity contribution in [2.24, 2.45) is 0 Å². The van der Waals surface area contributed by atoms with Crippen LogP contribution in [0.2, 0.25) is 0 Å².